The average molecular weight is 64.1 g/mol. The van der Waals surface area contributed by atoms with E-state index in [0.29, 0.717) is 0 Å². The lowest BCUT2D eigenvalue weighted by molar-refractivity contribution is 0.823. The zero-order valence-electron chi connectivity index (χ0n) is 2.41. The van der Waals surface area contributed by atoms with E-state index in [1.54, 1.807) is 0 Å². The smallest absolute Gasteiger partial charge is 0.106 e. The predicted octanol–water partition coefficient (Wildman–Crippen LogP) is -0.847. The van der Waals surface area contributed by atoms with E-state index >= 15 is 0 Å². The van der Waals surface area contributed by atoms with Crippen LogP contribution in [0.15, 0.2) is 13.2 Å². The zero-order chi connectivity index (χ0) is 2.00. The molecule has 0 amide bonds. The van der Waals surface area contributed by atoms with E-state index in [1.807, 2.05) is 0 Å². The highest BCUT2D eigenvalue weighted by atomic mass is 16.0. The first-order chi connectivity index (χ1) is 1.00. The first kappa shape index (κ1) is 59.5. The van der Waals surface area contributed by atoms with Crippen LogP contribution in [0.1, 0.15) is 0 Å². The van der Waals surface area contributed by atoms with Gasteiger partial charge in [0.1, 0.15) is 0 Å². The Morgan fingerprint density at radius 2 is 0.750 bits per heavy atom. The Morgan fingerprint density at radius 3 is 0.750 bits per heavy atom. The minimum absolute atomic E-state index is 0. The molecule has 0 aliphatic rings. The van der Waals surface area contributed by atoms with Crippen molar-refractivity contribution in [2.24, 2.45) is 0 Å². The van der Waals surface area contributed by atoms with Crippen molar-refractivity contribution in [2.75, 3.05) is 0 Å². The van der Waals surface area contributed by atoms with Crippen molar-refractivity contribution in [3.8, 4) is 0 Å². The lowest BCUT2D eigenvalue weighted by Gasteiger charge is -0.813. The molecule has 0 radical (unpaired) electrons. The molecule has 0 saturated heterocycles. The molecular weight excluding hydrogens is 56.0 g/mol. The molecule has 0 aliphatic heterocycles. The van der Waals surface area contributed by atoms with Gasteiger partial charge in [-0.15, -0.1) is 13.2 Å². The summed E-state index contributed by atoms with van der Waals surface area (Å²) in [6, 6.07) is 0. The predicted molar refractivity (Wildman–Crippen MR) is 18.5 cm³/mol. The Labute approximate surface area is 25.4 Å². The molecule has 0 saturated carbocycles. The first-order valence-electron chi connectivity index (χ1n) is 0.500. The van der Waals surface area contributed by atoms with Gasteiger partial charge >= 0.3 is 0 Å². The van der Waals surface area contributed by atoms with E-state index in [0.717, 1.165) is 0 Å². The molecule has 28 valence electrons. The molecule has 0 atom stereocenters. The van der Waals surface area contributed by atoms with E-state index in [4.69, 9.17) is 0 Å². The maximum Gasteiger partial charge on any atom is -0.106 e. The summed E-state index contributed by atoms with van der Waals surface area (Å²) in [7, 11) is 0. The van der Waals surface area contributed by atoms with E-state index in [9.17, 15) is 0 Å². The number of hydrogen-bond donors (Lipinski definition) is 0. The van der Waals surface area contributed by atoms with Gasteiger partial charge in [0.05, 0.1) is 0 Å². The fourth-order valence-electron chi connectivity index (χ4n) is 0. The van der Waals surface area contributed by atoms with Crippen LogP contribution in [0.2, 0.25) is 0 Å². The Balaban J connectivity index is -0.00000000500. The molecule has 4 heavy (non-hydrogen) atoms. The topological polar surface area (TPSA) is 63.0 Å². The highest BCUT2D eigenvalue weighted by molar-refractivity contribution is 4.22. The SMILES string of the molecule is C=C.O.O. The maximum absolute atomic E-state index is 3.00. The van der Waals surface area contributed by atoms with Crippen LogP contribution in [-0.2, 0) is 0 Å². The van der Waals surface area contributed by atoms with Crippen molar-refractivity contribution in [3.63, 3.8) is 0 Å². The van der Waals surface area contributed by atoms with Crippen molar-refractivity contribution in [3.05, 3.63) is 13.2 Å². The third-order valence-electron chi connectivity index (χ3n) is 0. The van der Waals surface area contributed by atoms with Gasteiger partial charge in [-0.3, -0.25) is 0 Å². The van der Waals surface area contributed by atoms with Crippen LogP contribution < -0.4 is 0 Å². The summed E-state index contributed by atoms with van der Waals surface area (Å²) in [5, 5.41) is 0. The Bertz CT molecular complexity index is 4.00. The Kier molecular flexibility index (Phi) is 942. The second-order valence-corrected chi connectivity index (χ2v) is 0. The van der Waals surface area contributed by atoms with E-state index in [-0.39, 0.29) is 11.0 Å². The molecule has 0 bridgehead atoms. The van der Waals surface area contributed by atoms with Crippen LogP contribution >= 0.6 is 0 Å². The molecule has 0 spiro atoms. The molecule has 2 heteroatoms. The van der Waals surface area contributed by atoms with Crippen LogP contribution in [0, 0.1) is 0 Å². The summed E-state index contributed by atoms with van der Waals surface area (Å²) >= 11 is 0. The Hall–Kier alpha value is -0.340. The van der Waals surface area contributed by atoms with Crippen LogP contribution in [0.4, 0.5) is 0 Å². The van der Waals surface area contributed by atoms with Crippen molar-refractivity contribution in [1.82, 2.24) is 0 Å². The second-order valence-electron chi connectivity index (χ2n) is 0. The van der Waals surface area contributed by atoms with Gasteiger partial charge in [-0.2, -0.15) is 0 Å². The van der Waals surface area contributed by atoms with Gasteiger partial charge in [0, 0.05) is 0 Å². The molecule has 0 fully saturated rings. The summed E-state index contributed by atoms with van der Waals surface area (Å²) in [5.74, 6) is 0. The quantitative estimate of drug-likeness (QED) is 0.329. The fraction of sp³-hybridized carbons (Fsp3) is 0. The summed E-state index contributed by atoms with van der Waals surface area (Å²) in [5.41, 5.74) is 0. The minimum atomic E-state index is 0. The van der Waals surface area contributed by atoms with Gasteiger partial charge in [0.2, 0.25) is 0 Å². The van der Waals surface area contributed by atoms with E-state index < -0.39 is 0 Å². The molecule has 0 unspecified atom stereocenters. The molecule has 0 heterocycles. The fourth-order valence-corrected chi connectivity index (χ4v) is 0. The molecule has 4 N–H and O–H groups in total. The highest BCUT2D eigenvalue weighted by Crippen LogP contribution is 0.862. The van der Waals surface area contributed by atoms with Crippen molar-refractivity contribution in [1.29, 1.82) is 0 Å². The normalized spacial score (nSPS) is 1.00. The summed E-state index contributed by atoms with van der Waals surface area (Å²) < 4.78 is 0. The zero-order valence-corrected chi connectivity index (χ0v) is 2.41. The summed E-state index contributed by atoms with van der Waals surface area (Å²) in [4.78, 5) is 0. The Morgan fingerprint density at radius 1 is 0.750 bits per heavy atom. The molecule has 2 nitrogen and oxygen atoms in total. The second kappa shape index (κ2) is 63.4. The molecule has 0 rings (SSSR count). The van der Waals surface area contributed by atoms with Gasteiger partial charge in [-0.25, -0.2) is 0 Å². The largest absolute Gasteiger partial charge is 0.412 e. The molecule has 0 aromatic rings. The molecule has 0 aromatic carbocycles. The van der Waals surface area contributed by atoms with Gasteiger partial charge in [0.15, 0.2) is 0 Å². The highest BCUT2D eigenvalue weighted by Gasteiger charge is 0.601. The third-order valence-corrected chi connectivity index (χ3v) is 0. The number of hydrogen-bond acceptors (Lipinski definition) is 0. The van der Waals surface area contributed by atoms with Crippen LogP contribution in [0.5, 0.6) is 0 Å². The van der Waals surface area contributed by atoms with Crippen molar-refractivity contribution < 1.29 is 11.0 Å². The lowest BCUT2D eigenvalue weighted by Crippen LogP contribution is -0.552. The standard InChI is InChI=1S/C2H4.2H2O/c1-2;;/h1-2H2;2*1H2. The van der Waals surface area contributed by atoms with Gasteiger partial charge in [0.25, 0.3) is 0 Å². The van der Waals surface area contributed by atoms with Crippen LogP contribution in [0.3, 0.4) is 0 Å². The van der Waals surface area contributed by atoms with Gasteiger partial charge in [-0.05, 0) is 0 Å². The lowest BCUT2D eigenvalue weighted by atomic mass is 11.3. The first-order valence-corrected chi connectivity index (χ1v) is 0.500. The van der Waals surface area contributed by atoms with Crippen molar-refractivity contribution >= 4 is 0 Å². The molecule has 0 aromatic heterocycles. The van der Waals surface area contributed by atoms with E-state index in [1.165, 1.54) is 0 Å². The third kappa shape index (κ3) is 6.26. The van der Waals surface area contributed by atoms with E-state index in [2.05, 4.69) is 13.2 Å². The maximum atomic E-state index is 3.00. The van der Waals surface area contributed by atoms with Crippen LogP contribution in [-0.4, -0.2) is 11.0 Å². The summed E-state index contributed by atoms with van der Waals surface area (Å²) in [6.07, 6.45) is 0. The molecule has 0 aliphatic carbocycles. The van der Waals surface area contributed by atoms with Crippen molar-refractivity contribution in [2.45, 2.75) is 0 Å². The van der Waals surface area contributed by atoms with Gasteiger partial charge < -0.3 is 11.0 Å². The summed E-state index contributed by atoms with van der Waals surface area (Å²) in [6.45, 7) is 6.00. The monoisotopic (exact) mass is 64.1 g/mol. The van der Waals surface area contributed by atoms with Gasteiger partial charge in [-0.1, -0.05) is 0 Å². The molecular formula is C2H8O2. The minimum Gasteiger partial charge on any atom is -0.412 e. The average Bonchev–Trinajstić information content (AvgIpc) is 1.00. The number of rotatable bonds is 0. The van der Waals surface area contributed by atoms with Crippen LogP contribution in [0.25, 0.3) is 0 Å².